The molecule has 5 rings (SSSR count). The predicted molar refractivity (Wildman–Crippen MR) is 181 cm³/mol. The molecule has 1 saturated heterocycles. The SMILES string of the molecule is CCC[C@@H](NC(=O)C1[C@H]2CCC[C@@H]2CN1C(=O)[C@H](NC(=O)[C@@H](NC(=O)c1cnccn1)C1CCCCC1)C(C)(C)C)C(=O)C(=O)NC1CC1. The number of nitrogens with one attached hydrogen (secondary N) is 4. The number of aromatic nitrogens is 2. The van der Waals surface area contributed by atoms with E-state index in [9.17, 15) is 28.8 Å². The van der Waals surface area contributed by atoms with Crippen LogP contribution in [-0.4, -0.2) is 86.9 Å². The molecule has 1 aromatic rings. The Balaban J connectivity index is 1.36. The van der Waals surface area contributed by atoms with Gasteiger partial charge in [0.05, 0.1) is 12.2 Å². The molecule has 3 saturated carbocycles. The molecule has 13 heteroatoms. The molecule has 3 aliphatic carbocycles. The van der Waals surface area contributed by atoms with E-state index >= 15 is 0 Å². The minimum atomic E-state index is -0.994. The van der Waals surface area contributed by atoms with Gasteiger partial charge in [-0.15, -0.1) is 0 Å². The van der Waals surface area contributed by atoms with Crippen molar-refractivity contribution in [2.45, 2.75) is 135 Å². The summed E-state index contributed by atoms with van der Waals surface area (Å²) in [6.45, 7) is 7.85. The van der Waals surface area contributed by atoms with E-state index < -0.39 is 59.0 Å². The third kappa shape index (κ3) is 8.83. The van der Waals surface area contributed by atoms with Crippen molar-refractivity contribution in [3.8, 4) is 0 Å². The smallest absolute Gasteiger partial charge is 0.289 e. The molecule has 1 aromatic heterocycles. The Morgan fingerprint density at radius 1 is 0.898 bits per heavy atom. The second-order valence-corrected chi connectivity index (χ2v) is 15.5. The number of carbonyl (C=O) groups excluding carboxylic acids is 6. The number of likely N-dealkylation sites (tertiary alicyclic amines) is 1. The van der Waals surface area contributed by atoms with Crippen LogP contribution in [0, 0.1) is 23.2 Å². The fourth-order valence-electron chi connectivity index (χ4n) is 7.87. The summed E-state index contributed by atoms with van der Waals surface area (Å²) >= 11 is 0. The van der Waals surface area contributed by atoms with Gasteiger partial charge in [-0.2, -0.15) is 0 Å². The Morgan fingerprint density at radius 2 is 1.63 bits per heavy atom. The van der Waals surface area contributed by atoms with E-state index in [0.717, 1.165) is 64.2 Å². The van der Waals surface area contributed by atoms with Crippen molar-refractivity contribution >= 4 is 35.3 Å². The van der Waals surface area contributed by atoms with Gasteiger partial charge < -0.3 is 26.2 Å². The topological polar surface area (TPSA) is 180 Å². The zero-order valence-corrected chi connectivity index (χ0v) is 29.3. The molecule has 0 bridgehead atoms. The van der Waals surface area contributed by atoms with Crippen LogP contribution in [-0.2, 0) is 24.0 Å². The van der Waals surface area contributed by atoms with E-state index in [1.54, 1.807) is 4.90 Å². The summed E-state index contributed by atoms with van der Waals surface area (Å²) in [5.74, 6) is -3.20. The number of fused-ring (bicyclic) bond motifs is 1. The summed E-state index contributed by atoms with van der Waals surface area (Å²) in [4.78, 5) is 91.4. The lowest BCUT2D eigenvalue weighted by Crippen LogP contribution is -2.62. The van der Waals surface area contributed by atoms with Gasteiger partial charge in [0.2, 0.25) is 23.5 Å². The standard InChI is InChI=1S/C36H53N7O6/c1-5-10-25(29(44)34(48)39-23-15-16-23)40-33(47)28-24-14-9-13-22(24)20-43(28)35(49)30(36(2,3)4)42-32(46)27(21-11-7-6-8-12-21)41-31(45)26-19-37-17-18-38-26/h17-19,21-25,27-28,30H,5-16,20H2,1-4H3,(H,39,48)(H,40,47)(H,41,45)(H,42,46)/t22-,24+,25-,27+,28?,30+/m1/s1. The van der Waals surface area contributed by atoms with Gasteiger partial charge in [0.25, 0.3) is 11.8 Å². The zero-order chi connectivity index (χ0) is 35.3. The van der Waals surface area contributed by atoms with Crippen molar-refractivity contribution in [2.24, 2.45) is 23.2 Å². The quantitative estimate of drug-likeness (QED) is 0.230. The number of nitrogens with zero attached hydrogens (tertiary/aromatic N) is 3. The highest BCUT2D eigenvalue weighted by Gasteiger charge is 2.52. The van der Waals surface area contributed by atoms with Crippen molar-refractivity contribution in [3.05, 3.63) is 24.3 Å². The van der Waals surface area contributed by atoms with Gasteiger partial charge in [-0.25, -0.2) is 4.98 Å². The molecule has 0 spiro atoms. The molecule has 268 valence electrons. The third-order valence-electron chi connectivity index (χ3n) is 10.7. The highest BCUT2D eigenvalue weighted by atomic mass is 16.2. The average Bonchev–Trinajstić information content (AvgIpc) is 3.65. The Hall–Kier alpha value is -3.90. The number of hydrogen-bond acceptors (Lipinski definition) is 8. The van der Waals surface area contributed by atoms with Crippen LogP contribution in [0.2, 0.25) is 0 Å². The van der Waals surface area contributed by atoms with Crippen molar-refractivity contribution in [2.75, 3.05) is 6.54 Å². The van der Waals surface area contributed by atoms with Crippen LogP contribution >= 0.6 is 0 Å². The van der Waals surface area contributed by atoms with Crippen LogP contribution in [0.15, 0.2) is 18.6 Å². The van der Waals surface area contributed by atoms with Crippen molar-refractivity contribution < 1.29 is 28.8 Å². The first-order chi connectivity index (χ1) is 23.4. The number of amides is 5. The maximum atomic E-state index is 14.6. The molecule has 6 atom stereocenters. The Kier molecular flexibility index (Phi) is 11.7. The Bertz CT molecular complexity index is 1390. The van der Waals surface area contributed by atoms with Gasteiger partial charge in [0, 0.05) is 25.0 Å². The van der Waals surface area contributed by atoms with Gasteiger partial charge in [0.15, 0.2) is 0 Å². The van der Waals surface area contributed by atoms with Crippen LogP contribution in [0.4, 0.5) is 0 Å². The molecule has 4 aliphatic rings. The van der Waals surface area contributed by atoms with Crippen molar-refractivity contribution in [1.82, 2.24) is 36.1 Å². The molecule has 2 heterocycles. The minimum absolute atomic E-state index is 0.0132. The van der Waals surface area contributed by atoms with E-state index in [4.69, 9.17) is 0 Å². The second kappa shape index (κ2) is 15.8. The molecule has 4 fully saturated rings. The molecule has 4 N–H and O–H groups in total. The molecule has 13 nitrogen and oxygen atoms in total. The molecule has 1 unspecified atom stereocenters. The average molecular weight is 680 g/mol. The molecule has 49 heavy (non-hydrogen) atoms. The summed E-state index contributed by atoms with van der Waals surface area (Å²) in [5, 5.41) is 11.5. The highest BCUT2D eigenvalue weighted by Crippen LogP contribution is 2.43. The number of rotatable bonds is 13. The number of hydrogen-bond donors (Lipinski definition) is 4. The van der Waals surface area contributed by atoms with E-state index in [1.165, 1.54) is 18.6 Å². The summed E-state index contributed by atoms with van der Waals surface area (Å²) in [7, 11) is 0. The van der Waals surface area contributed by atoms with E-state index in [1.807, 2.05) is 27.7 Å². The van der Waals surface area contributed by atoms with Crippen LogP contribution < -0.4 is 21.3 Å². The maximum Gasteiger partial charge on any atom is 0.289 e. The second-order valence-electron chi connectivity index (χ2n) is 15.5. The van der Waals surface area contributed by atoms with Crippen molar-refractivity contribution in [1.29, 1.82) is 0 Å². The number of carbonyl (C=O) groups is 6. The first-order valence-corrected chi connectivity index (χ1v) is 18.2. The summed E-state index contributed by atoms with van der Waals surface area (Å²) in [6, 6.07) is -3.68. The van der Waals surface area contributed by atoms with Gasteiger partial charge >= 0.3 is 0 Å². The van der Waals surface area contributed by atoms with Gasteiger partial charge in [-0.05, 0) is 68.1 Å². The first kappa shape index (κ1) is 36.4. The lowest BCUT2D eigenvalue weighted by molar-refractivity contribution is -0.146. The monoisotopic (exact) mass is 679 g/mol. The summed E-state index contributed by atoms with van der Waals surface area (Å²) < 4.78 is 0. The fourth-order valence-corrected chi connectivity index (χ4v) is 7.87. The highest BCUT2D eigenvalue weighted by molar-refractivity contribution is 6.38. The van der Waals surface area contributed by atoms with Gasteiger partial charge in [0.1, 0.15) is 23.8 Å². The molecular weight excluding hydrogens is 626 g/mol. The fraction of sp³-hybridized carbons (Fsp3) is 0.722. The Labute approximate surface area is 288 Å². The number of ketones is 1. The number of Topliss-reactive ketones (excluding diaryl/α,β-unsaturated/α-hetero) is 1. The zero-order valence-electron chi connectivity index (χ0n) is 29.3. The van der Waals surface area contributed by atoms with E-state index in [2.05, 4.69) is 31.2 Å². The summed E-state index contributed by atoms with van der Waals surface area (Å²) in [6.07, 6.45) is 13.9. The minimum Gasteiger partial charge on any atom is -0.347 e. The lowest BCUT2D eigenvalue weighted by atomic mass is 9.82. The normalized spacial score (nSPS) is 24.2. The molecule has 1 aliphatic heterocycles. The van der Waals surface area contributed by atoms with Crippen LogP contribution in [0.1, 0.15) is 115 Å². The lowest BCUT2D eigenvalue weighted by Gasteiger charge is -2.38. The molecular formula is C36H53N7O6. The van der Waals surface area contributed by atoms with E-state index in [0.29, 0.717) is 19.4 Å². The predicted octanol–water partition coefficient (Wildman–Crippen LogP) is 2.45. The molecule has 0 radical (unpaired) electrons. The maximum absolute atomic E-state index is 14.6. The molecule has 0 aromatic carbocycles. The van der Waals surface area contributed by atoms with Crippen LogP contribution in [0.25, 0.3) is 0 Å². The van der Waals surface area contributed by atoms with Crippen LogP contribution in [0.3, 0.4) is 0 Å². The third-order valence-corrected chi connectivity index (χ3v) is 10.7. The Morgan fingerprint density at radius 3 is 2.27 bits per heavy atom. The van der Waals surface area contributed by atoms with Crippen LogP contribution in [0.5, 0.6) is 0 Å². The molecule has 5 amide bonds. The van der Waals surface area contributed by atoms with Gasteiger partial charge in [-0.1, -0.05) is 59.8 Å². The summed E-state index contributed by atoms with van der Waals surface area (Å²) in [5.41, 5.74) is -0.638. The van der Waals surface area contributed by atoms with Crippen molar-refractivity contribution in [3.63, 3.8) is 0 Å². The first-order valence-electron chi connectivity index (χ1n) is 18.2. The largest absolute Gasteiger partial charge is 0.347 e. The van der Waals surface area contributed by atoms with E-state index in [-0.39, 0.29) is 35.4 Å². The van der Waals surface area contributed by atoms with Gasteiger partial charge in [-0.3, -0.25) is 33.8 Å².